The summed E-state index contributed by atoms with van der Waals surface area (Å²) in [6.45, 7) is 11.7. The van der Waals surface area contributed by atoms with Crippen molar-refractivity contribution in [2.24, 2.45) is 5.92 Å². The van der Waals surface area contributed by atoms with Crippen LogP contribution in [-0.4, -0.2) is 38.1 Å². The van der Waals surface area contributed by atoms with Gasteiger partial charge in [0.15, 0.2) is 0 Å². The molecule has 2 heteroatoms. The average Bonchev–Trinajstić information content (AvgIpc) is 2.27. The second-order valence-electron chi connectivity index (χ2n) is 5.09. The lowest BCUT2D eigenvalue weighted by Crippen LogP contribution is -2.25. The van der Waals surface area contributed by atoms with Crippen LogP contribution in [0, 0.1) is 5.92 Å². The van der Waals surface area contributed by atoms with Gasteiger partial charge >= 0.3 is 0 Å². The molecule has 98 valence electrons. The molecule has 0 heterocycles. The summed E-state index contributed by atoms with van der Waals surface area (Å²) in [5.74, 6) is 0.844. The molecule has 0 fully saturated rings. The van der Waals surface area contributed by atoms with E-state index in [0.29, 0.717) is 0 Å². The Bertz CT molecular complexity index is 137. The van der Waals surface area contributed by atoms with Gasteiger partial charge in [0, 0.05) is 6.54 Å². The molecule has 0 radical (unpaired) electrons. The molecule has 0 saturated heterocycles. The van der Waals surface area contributed by atoms with Gasteiger partial charge in [0.1, 0.15) is 0 Å². The topological polar surface area (TPSA) is 15.3 Å². The lowest BCUT2D eigenvalue weighted by Gasteiger charge is -2.20. The van der Waals surface area contributed by atoms with Crippen molar-refractivity contribution < 1.29 is 0 Å². The highest BCUT2D eigenvalue weighted by molar-refractivity contribution is 4.58. The Morgan fingerprint density at radius 1 is 1.06 bits per heavy atom. The summed E-state index contributed by atoms with van der Waals surface area (Å²) in [6.07, 6.45) is 6.59. The van der Waals surface area contributed by atoms with Crippen LogP contribution in [0.1, 0.15) is 52.9 Å². The van der Waals surface area contributed by atoms with Crippen molar-refractivity contribution in [2.75, 3.05) is 33.2 Å². The van der Waals surface area contributed by atoms with Crippen LogP contribution in [-0.2, 0) is 0 Å². The maximum atomic E-state index is 3.45. The third-order valence-corrected chi connectivity index (χ3v) is 3.14. The van der Waals surface area contributed by atoms with Gasteiger partial charge in [0.05, 0.1) is 0 Å². The SMILES string of the molecule is CCCNCCCCCN(C)CC(C)CC. The van der Waals surface area contributed by atoms with Gasteiger partial charge in [-0.1, -0.05) is 33.6 Å². The predicted octanol–water partition coefficient (Wildman–Crippen LogP) is 3.13. The zero-order valence-corrected chi connectivity index (χ0v) is 11.9. The molecular formula is C14H32N2. The molecule has 0 spiro atoms. The molecule has 1 unspecified atom stereocenters. The third kappa shape index (κ3) is 10.4. The van der Waals surface area contributed by atoms with E-state index in [0.717, 1.165) is 5.92 Å². The van der Waals surface area contributed by atoms with Gasteiger partial charge in [-0.25, -0.2) is 0 Å². The molecule has 2 nitrogen and oxygen atoms in total. The lowest BCUT2D eigenvalue weighted by molar-refractivity contribution is 0.276. The molecule has 16 heavy (non-hydrogen) atoms. The first kappa shape index (κ1) is 15.9. The number of hydrogen-bond donors (Lipinski definition) is 1. The largest absolute Gasteiger partial charge is 0.317 e. The van der Waals surface area contributed by atoms with Gasteiger partial charge < -0.3 is 10.2 Å². The first-order valence-corrected chi connectivity index (χ1v) is 7.09. The lowest BCUT2D eigenvalue weighted by atomic mass is 10.1. The molecule has 1 atom stereocenters. The minimum absolute atomic E-state index is 0.844. The van der Waals surface area contributed by atoms with Crippen LogP contribution in [0.25, 0.3) is 0 Å². The standard InChI is InChI=1S/C14H32N2/c1-5-10-15-11-8-7-9-12-16(4)13-14(3)6-2/h14-15H,5-13H2,1-4H3. The fourth-order valence-corrected chi connectivity index (χ4v) is 1.86. The van der Waals surface area contributed by atoms with Gasteiger partial charge in [-0.3, -0.25) is 0 Å². The normalized spacial score (nSPS) is 13.3. The van der Waals surface area contributed by atoms with Crippen LogP contribution in [0.3, 0.4) is 0 Å². The predicted molar refractivity (Wildman–Crippen MR) is 74.0 cm³/mol. The highest BCUT2D eigenvalue weighted by atomic mass is 15.1. The first-order chi connectivity index (χ1) is 7.70. The molecule has 0 amide bonds. The van der Waals surface area contributed by atoms with Crippen LogP contribution in [0.4, 0.5) is 0 Å². The van der Waals surface area contributed by atoms with Crippen molar-refractivity contribution in [1.82, 2.24) is 10.2 Å². The van der Waals surface area contributed by atoms with Gasteiger partial charge in [-0.05, 0) is 51.9 Å². The molecule has 0 rings (SSSR count). The van der Waals surface area contributed by atoms with Gasteiger partial charge in [0.25, 0.3) is 0 Å². The van der Waals surface area contributed by atoms with E-state index >= 15 is 0 Å². The summed E-state index contributed by atoms with van der Waals surface area (Å²) in [5, 5.41) is 3.45. The Labute approximate surface area is 103 Å². The molecule has 0 aliphatic rings. The molecule has 0 bridgehead atoms. The second kappa shape index (κ2) is 11.4. The van der Waals surface area contributed by atoms with Crippen molar-refractivity contribution in [2.45, 2.75) is 52.9 Å². The molecule has 0 saturated carbocycles. The molecule has 1 N–H and O–H groups in total. The zero-order valence-electron chi connectivity index (χ0n) is 11.9. The van der Waals surface area contributed by atoms with E-state index in [-0.39, 0.29) is 0 Å². The molecule has 0 aromatic heterocycles. The first-order valence-electron chi connectivity index (χ1n) is 7.09. The molecular weight excluding hydrogens is 196 g/mol. The second-order valence-corrected chi connectivity index (χ2v) is 5.09. The van der Waals surface area contributed by atoms with Gasteiger partial charge in [0.2, 0.25) is 0 Å². The van der Waals surface area contributed by atoms with E-state index in [4.69, 9.17) is 0 Å². The van der Waals surface area contributed by atoms with Crippen molar-refractivity contribution in [1.29, 1.82) is 0 Å². The zero-order chi connectivity index (χ0) is 12.2. The monoisotopic (exact) mass is 228 g/mol. The van der Waals surface area contributed by atoms with Crippen molar-refractivity contribution in [3.8, 4) is 0 Å². The van der Waals surface area contributed by atoms with Gasteiger partial charge in [-0.15, -0.1) is 0 Å². The summed E-state index contributed by atoms with van der Waals surface area (Å²) in [6, 6.07) is 0. The van der Waals surface area contributed by atoms with E-state index < -0.39 is 0 Å². The Kier molecular flexibility index (Phi) is 11.3. The Hall–Kier alpha value is -0.0800. The van der Waals surface area contributed by atoms with E-state index in [2.05, 4.69) is 38.0 Å². The number of nitrogens with zero attached hydrogens (tertiary/aromatic N) is 1. The van der Waals surface area contributed by atoms with E-state index in [1.807, 2.05) is 0 Å². The summed E-state index contributed by atoms with van der Waals surface area (Å²) in [4.78, 5) is 2.48. The maximum Gasteiger partial charge on any atom is 0.000387 e. The Morgan fingerprint density at radius 3 is 2.44 bits per heavy atom. The number of hydrogen-bond acceptors (Lipinski definition) is 2. The Balaban J connectivity index is 3.18. The van der Waals surface area contributed by atoms with Crippen LogP contribution in [0.2, 0.25) is 0 Å². The fourth-order valence-electron chi connectivity index (χ4n) is 1.86. The van der Waals surface area contributed by atoms with Gasteiger partial charge in [-0.2, -0.15) is 0 Å². The summed E-state index contributed by atoms with van der Waals surface area (Å²) >= 11 is 0. The fraction of sp³-hybridized carbons (Fsp3) is 1.00. The maximum absolute atomic E-state index is 3.45. The molecule has 0 aromatic rings. The van der Waals surface area contributed by atoms with Crippen molar-refractivity contribution >= 4 is 0 Å². The minimum atomic E-state index is 0.844. The summed E-state index contributed by atoms with van der Waals surface area (Å²) < 4.78 is 0. The summed E-state index contributed by atoms with van der Waals surface area (Å²) in [5.41, 5.74) is 0. The molecule has 0 aromatic carbocycles. The third-order valence-electron chi connectivity index (χ3n) is 3.14. The van der Waals surface area contributed by atoms with Crippen LogP contribution in [0.15, 0.2) is 0 Å². The number of nitrogens with one attached hydrogen (secondary N) is 1. The highest BCUT2D eigenvalue weighted by Gasteiger charge is 2.03. The van der Waals surface area contributed by atoms with E-state index in [1.54, 1.807) is 0 Å². The van der Waals surface area contributed by atoms with Crippen molar-refractivity contribution in [3.63, 3.8) is 0 Å². The van der Waals surface area contributed by atoms with E-state index in [9.17, 15) is 0 Å². The quantitative estimate of drug-likeness (QED) is 0.547. The van der Waals surface area contributed by atoms with Crippen LogP contribution >= 0.6 is 0 Å². The van der Waals surface area contributed by atoms with Crippen LogP contribution < -0.4 is 5.32 Å². The van der Waals surface area contributed by atoms with Crippen molar-refractivity contribution in [3.05, 3.63) is 0 Å². The molecule has 0 aliphatic heterocycles. The molecule has 0 aliphatic carbocycles. The highest BCUT2D eigenvalue weighted by Crippen LogP contribution is 2.04. The average molecular weight is 228 g/mol. The smallest absolute Gasteiger partial charge is 0.000387 e. The summed E-state index contributed by atoms with van der Waals surface area (Å²) in [7, 11) is 2.25. The van der Waals surface area contributed by atoms with Crippen LogP contribution in [0.5, 0.6) is 0 Å². The minimum Gasteiger partial charge on any atom is -0.317 e. The van der Waals surface area contributed by atoms with E-state index in [1.165, 1.54) is 58.3 Å². The Morgan fingerprint density at radius 2 is 1.81 bits per heavy atom. The number of rotatable bonds is 11. The number of unbranched alkanes of at least 4 members (excludes halogenated alkanes) is 2.